The summed E-state index contributed by atoms with van der Waals surface area (Å²) in [5.74, 6) is -1.15. The monoisotopic (exact) mass is 568 g/mol. The van der Waals surface area contributed by atoms with Crippen molar-refractivity contribution in [2.24, 2.45) is 5.92 Å². The average molecular weight is 569 g/mol. The maximum absolute atomic E-state index is 13.4. The lowest BCUT2D eigenvalue weighted by Crippen LogP contribution is -2.58. The first-order valence-electron chi connectivity index (χ1n) is 13.0. The molecule has 0 bridgehead atoms. The van der Waals surface area contributed by atoms with Gasteiger partial charge in [0, 0.05) is 51.7 Å². The van der Waals surface area contributed by atoms with Gasteiger partial charge in [-0.3, -0.25) is 14.3 Å². The number of carbonyl (C=O) groups excluding carboxylic acids is 2. The lowest BCUT2D eigenvalue weighted by molar-refractivity contribution is -0.142. The van der Waals surface area contributed by atoms with Gasteiger partial charge in [0.2, 0.25) is 11.8 Å². The van der Waals surface area contributed by atoms with Gasteiger partial charge >= 0.3 is 6.18 Å². The van der Waals surface area contributed by atoms with Crippen molar-refractivity contribution in [2.75, 3.05) is 32.7 Å². The van der Waals surface area contributed by atoms with Crippen LogP contribution in [0.4, 0.5) is 13.2 Å². The number of rotatable bonds is 7. The summed E-state index contributed by atoms with van der Waals surface area (Å²) in [5, 5.41) is 6.90. The van der Waals surface area contributed by atoms with Crippen molar-refractivity contribution in [3.8, 4) is 0 Å². The molecule has 1 unspecified atom stereocenters. The largest absolute Gasteiger partial charge is 0.416 e. The van der Waals surface area contributed by atoms with Crippen LogP contribution < -0.4 is 5.32 Å². The normalized spacial score (nSPS) is 23.5. The highest BCUT2D eigenvalue weighted by Gasteiger charge is 2.44. The van der Waals surface area contributed by atoms with E-state index >= 15 is 0 Å². The summed E-state index contributed by atoms with van der Waals surface area (Å²) in [6.45, 7) is 1.50. The number of hydrogen-bond acceptors (Lipinski definition) is 5. The molecular formula is C25H31F3N6O4S. The number of nitrogens with zero attached hydrogens (tertiary/aromatic N) is 5. The van der Waals surface area contributed by atoms with E-state index in [0.717, 1.165) is 12.1 Å². The molecule has 0 aliphatic carbocycles. The third-order valence-electron chi connectivity index (χ3n) is 7.70. The number of likely N-dealkylation sites (tertiary alicyclic amines) is 1. The van der Waals surface area contributed by atoms with Crippen molar-refractivity contribution in [3.05, 3.63) is 53.9 Å². The Morgan fingerprint density at radius 2 is 1.72 bits per heavy atom. The molecule has 1 N–H and O–H groups in total. The minimum Gasteiger partial charge on any atom is -0.350 e. The number of piperidine rings is 1. The van der Waals surface area contributed by atoms with Crippen LogP contribution in [0, 0.1) is 5.92 Å². The Morgan fingerprint density at radius 3 is 2.38 bits per heavy atom. The van der Waals surface area contributed by atoms with Crippen LogP contribution in [0.25, 0.3) is 0 Å². The maximum atomic E-state index is 13.4. The van der Waals surface area contributed by atoms with Crippen LogP contribution in [0.3, 0.4) is 0 Å². The van der Waals surface area contributed by atoms with E-state index < -0.39 is 33.9 Å². The fourth-order valence-corrected chi connectivity index (χ4v) is 7.22. The highest BCUT2D eigenvalue weighted by Crippen LogP contribution is 2.31. The molecule has 2 amide bonds. The molecule has 3 fully saturated rings. The summed E-state index contributed by atoms with van der Waals surface area (Å²) >= 11 is 0. The Morgan fingerprint density at radius 1 is 1.00 bits per heavy atom. The molecule has 1 aromatic heterocycles. The molecule has 5 rings (SSSR count). The SMILES string of the molecule is O=C(NCc1ccc(C(F)(F)F)cc1)[C@H]1CCCN1C(=O)C1CCCN(S(=O)(=O)N2CC(n3cccn3)C2)C1. The van der Waals surface area contributed by atoms with Crippen molar-refractivity contribution in [1.29, 1.82) is 0 Å². The first kappa shape index (κ1) is 27.6. The van der Waals surface area contributed by atoms with Crippen LogP contribution in [0.2, 0.25) is 0 Å². The van der Waals surface area contributed by atoms with Crippen LogP contribution in [0.5, 0.6) is 0 Å². The van der Waals surface area contributed by atoms with Gasteiger partial charge in [-0.2, -0.15) is 35.3 Å². The highest BCUT2D eigenvalue weighted by atomic mass is 32.2. The van der Waals surface area contributed by atoms with Gasteiger partial charge in [-0.15, -0.1) is 0 Å². The van der Waals surface area contributed by atoms with Gasteiger partial charge in [0.05, 0.1) is 17.5 Å². The number of halogens is 3. The second-order valence-electron chi connectivity index (χ2n) is 10.3. The van der Waals surface area contributed by atoms with Crippen molar-refractivity contribution in [1.82, 2.24) is 28.6 Å². The van der Waals surface area contributed by atoms with Crippen molar-refractivity contribution < 1.29 is 31.2 Å². The summed E-state index contributed by atoms with van der Waals surface area (Å²) in [7, 11) is -3.72. The van der Waals surface area contributed by atoms with Gasteiger partial charge in [-0.1, -0.05) is 12.1 Å². The van der Waals surface area contributed by atoms with Gasteiger partial charge in [0.1, 0.15) is 6.04 Å². The third-order valence-corrected chi connectivity index (χ3v) is 9.64. The summed E-state index contributed by atoms with van der Waals surface area (Å²) in [6, 6.07) is 5.65. The zero-order chi connectivity index (χ0) is 27.8. The lowest BCUT2D eigenvalue weighted by atomic mass is 9.97. The number of nitrogens with one attached hydrogen (secondary N) is 1. The first-order chi connectivity index (χ1) is 18.5. The molecular weight excluding hydrogens is 537 g/mol. The Bertz CT molecular complexity index is 1280. The number of hydrogen-bond donors (Lipinski definition) is 1. The molecule has 0 spiro atoms. The van der Waals surface area contributed by atoms with Crippen molar-refractivity contribution >= 4 is 22.0 Å². The Labute approximate surface area is 224 Å². The van der Waals surface area contributed by atoms with Crippen LogP contribution in [0.1, 0.15) is 42.9 Å². The van der Waals surface area contributed by atoms with Crippen molar-refractivity contribution in [3.63, 3.8) is 0 Å². The second-order valence-corrected chi connectivity index (χ2v) is 12.2. The minimum absolute atomic E-state index is 0.0107. The maximum Gasteiger partial charge on any atom is 0.416 e. The zero-order valence-electron chi connectivity index (χ0n) is 21.3. The number of amides is 2. The van der Waals surface area contributed by atoms with E-state index in [1.54, 1.807) is 23.1 Å². The number of aromatic nitrogens is 2. The van der Waals surface area contributed by atoms with Gasteiger partial charge in [-0.25, -0.2) is 0 Å². The minimum atomic E-state index is -4.43. The predicted octanol–water partition coefficient (Wildman–Crippen LogP) is 2.02. The standard InChI is InChI=1S/C25H31F3N6O4S/c26-25(27,28)20-8-6-18(7-9-20)14-29-23(35)22-5-2-12-33(22)24(36)19-4-1-11-31(15-19)39(37,38)32-16-21(17-32)34-13-3-10-30-34/h3,6-10,13,19,21-22H,1-2,4-5,11-12,14-17H2,(H,29,35)/t19?,22-/m1/s1. The van der Waals surface area contributed by atoms with Crippen LogP contribution >= 0.6 is 0 Å². The zero-order valence-corrected chi connectivity index (χ0v) is 22.1. The molecule has 2 atom stereocenters. The summed E-state index contributed by atoms with van der Waals surface area (Å²) in [6.07, 6.45) is 1.22. The molecule has 39 heavy (non-hydrogen) atoms. The molecule has 4 heterocycles. The predicted molar refractivity (Wildman–Crippen MR) is 134 cm³/mol. The average Bonchev–Trinajstić information content (AvgIpc) is 3.58. The van der Waals surface area contributed by atoms with E-state index in [4.69, 9.17) is 0 Å². The molecule has 212 valence electrons. The summed E-state index contributed by atoms with van der Waals surface area (Å²) < 4.78 is 69.3. The van der Waals surface area contributed by atoms with E-state index in [1.807, 2.05) is 0 Å². The molecule has 3 saturated heterocycles. The number of benzene rings is 1. The Hall–Kier alpha value is -2.97. The van der Waals surface area contributed by atoms with Gasteiger partial charge in [-0.05, 0) is 49.4 Å². The van der Waals surface area contributed by atoms with E-state index in [1.165, 1.54) is 25.6 Å². The smallest absolute Gasteiger partial charge is 0.350 e. The molecule has 14 heteroatoms. The Kier molecular flexibility index (Phi) is 7.71. The molecule has 0 saturated carbocycles. The fourth-order valence-electron chi connectivity index (χ4n) is 5.44. The quantitative estimate of drug-likeness (QED) is 0.550. The van der Waals surface area contributed by atoms with Crippen molar-refractivity contribution in [2.45, 2.75) is 50.5 Å². The van der Waals surface area contributed by atoms with E-state index in [0.29, 0.717) is 57.4 Å². The second kappa shape index (κ2) is 10.9. The van der Waals surface area contributed by atoms with E-state index in [9.17, 15) is 31.2 Å². The van der Waals surface area contributed by atoms with Crippen LogP contribution in [0.15, 0.2) is 42.7 Å². The number of alkyl halides is 3. The van der Waals surface area contributed by atoms with E-state index in [2.05, 4.69) is 10.4 Å². The van der Waals surface area contributed by atoms with Gasteiger partial charge in [0.15, 0.2) is 0 Å². The fraction of sp³-hybridized carbons (Fsp3) is 0.560. The molecule has 0 radical (unpaired) electrons. The molecule has 3 aliphatic rings. The third kappa shape index (κ3) is 5.82. The van der Waals surface area contributed by atoms with Crippen LogP contribution in [-0.2, 0) is 32.5 Å². The van der Waals surface area contributed by atoms with E-state index in [-0.39, 0.29) is 30.9 Å². The molecule has 10 nitrogen and oxygen atoms in total. The molecule has 2 aromatic rings. The lowest BCUT2D eigenvalue weighted by Gasteiger charge is -2.42. The van der Waals surface area contributed by atoms with Gasteiger partial charge in [0.25, 0.3) is 10.2 Å². The number of carbonyl (C=O) groups is 2. The highest BCUT2D eigenvalue weighted by molar-refractivity contribution is 7.86. The topological polar surface area (TPSA) is 108 Å². The van der Waals surface area contributed by atoms with Crippen LogP contribution in [-0.4, -0.2) is 82.3 Å². The molecule has 1 aromatic carbocycles. The first-order valence-corrected chi connectivity index (χ1v) is 14.4. The summed E-state index contributed by atoms with van der Waals surface area (Å²) in [5.41, 5.74) is -0.248. The van der Waals surface area contributed by atoms with Gasteiger partial charge < -0.3 is 10.2 Å². The Balaban J connectivity index is 1.16. The summed E-state index contributed by atoms with van der Waals surface area (Å²) in [4.78, 5) is 27.9. The molecule has 3 aliphatic heterocycles.